The number of hydrogen-bond acceptors (Lipinski definition) is 4. The van der Waals surface area contributed by atoms with E-state index in [4.69, 9.17) is 5.73 Å². The Hall–Kier alpha value is -3.67. The van der Waals surface area contributed by atoms with E-state index < -0.39 is 0 Å². The van der Waals surface area contributed by atoms with E-state index in [1.54, 1.807) is 0 Å². The van der Waals surface area contributed by atoms with Gasteiger partial charge in [0.25, 0.3) is 0 Å². The lowest BCUT2D eigenvalue weighted by Crippen LogP contribution is -2.14. The highest BCUT2D eigenvalue weighted by atomic mass is 16.1. The Labute approximate surface area is 175 Å². The number of nitrogens with two attached hydrogens (primary N) is 1. The molecule has 30 heavy (non-hydrogen) atoms. The Morgan fingerprint density at radius 1 is 1.10 bits per heavy atom. The number of aryl methyl sites for hydroxylation is 3. The third-order valence-electron chi connectivity index (χ3n) is 5.35. The molecule has 2 aromatic carbocycles. The zero-order chi connectivity index (χ0) is 21.3. The predicted octanol–water partition coefficient (Wildman–Crippen LogP) is 4.27. The number of nitrogen functional groups attached to an aromatic ring is 1. The van der Waals surface area contributed by atoms with Crippen molar-refractivity contribution in [3.05, 3.63) is 71.7 Å². The smallest absolute Gasteiger partial charge is 0.228 e. The fourth-order valence-corrected chi connectivity index (χ4v) is 3.83. The molecule has 0 spiro atoms. The molecule has 0 radical (unpaired) electrons. The Bertz CT molecular complexity index is 1240. The quantitative estimate of drug-likeness (QED) is 0.525. The molecule has 0 atom stereocenters. The zero-order valence-corrected chi connectivity index (χ0v) is 17.4. The van der Waals surface area contributed by atoms with E-state index >= 15 is 0 Å². The molecule has 0 unspecified atom stereocenters. The number of anilines is 2. The summed E-state index contributed by atoms with van der Waals surface area (Å²) >= 11 is 0. The minimum absolute atomic E-state index is 0.0294. The first kappa shape index (κ1) is 19.6. The van der Waals surface area contributed by atoms with Gasteiger partial charge in [-0.2, -0.15) is 0 Å². The van der Waals surface area contributed by atoms with E-state index in [-0.39, 0.29) is 5.91 Å². The van der Waals surface area contributed by atoms with Crippen molar-refractivity contribution in [2.24, 2.45) is 7.05 Å². The van der Waals surface area contributed by atoms with E-state index in [1.807, 2.05) is 55.1 Å². The molecular weight excluding hydrogens is 374 g/mol. The van der Waals surface area contributed by atoms with Gasteiger partial charge in [0.2, 0.25) is 5.91 Å². The molecule has 0 aliphatic rings. The lowest BCUT2D eigenvalue weighted by Gasteiger charge is -2.10. The van der Waals surface area contributed by atoms with Gasteiger partial charge in [-0.25, -0.2) is 9.97 Å². The number of fused-ring (bicyclic) bond motifs is 1. The topological polar surface area (TPSA) is 85.8 Å². The van der Waals surface area contributed by atoms with Crippen molar-refractivity contribution in [3.63, 3.8) is 0 Å². The number of benzene rings is 2. The average molecular weight is 399 g/mol. The Morgan fingerprint density at radius 2 is 1.90 bits per heavy atom. The second-order valence-corrected chi connectivity index (χ2v) is 7.54. The van der Waals surface area contributed by atoms with Crippen LogP contribution in [0.5, 0.6) is 0 Å². The van der Waals surface area contributed by atoms with Crippen molar-refractivity contribution in [3.8, 4) is 11.1 Å². The molecule has 0 aliphatic heterocycles. The summed E-state index contributed by atoms with van der Waals surface area (Å²) in [5, 5.41) is 3.85. The minimum Gasteiger partial charge on any atom is -0.383 e. The predicted molar refractivity (Wildman–Crippen MR) is 121 cm³/mol. The van der Waals surface area contributed by atoms with E-state index in [9.17, 15) is 4.79 Å². The van der Waals surface area contributed by atoms with Crippen LogP contribution in [0.25, 0.3) is 22.2 Å². The molecule has 0 bridgehead atoms. The van der Waals surface area contributed by atoms with Gasteiger partial charge in [-0.15, -0.1) is 0 Å². The molecule has 0 saturated carbocycles. The highest BCUT2D eigenvalue weighted by Crippen LogP contribution is 2.34. The monoisotopic (exact) mass is 399 g/mol. The maximum Gasteiger partial charge on any atom is 0.228 e. The number of hydrogen-bond donors (Lipinski definition) is 2. The van der Waals surface area contributed by atoms with Crippen molar-refractivity contribution in [2.45, 2.75) is 26.7 Å². The second kappa shape index (κ2) is 7.99. The van der Waals surface area contributed by atoms with Gasteiger partial charge in [-0.3, -0.25) is 4.79 Å². The standard InChI is InChI=1S/C24H25N5O/c1-4-16-6-5-7-17(11-16)12-21(30)28-18-8-9-19(15(2)10-18)20-13-29(3)24-22(20)23(25)26-14-27-24/h5-11,13-14H,4,12H2,1-3H3,(H,28,30)(H2,25,26,27). The van der Waals surface area contributed by atoms with E-state index in [2.05, 4.69) is 34.3 Å². The van der Waals surface area contributed by atoms with Gasteiger partial charge in [0, 0.05) is 24.5 Å². The Kier molecular flexibility index (Phi) is 5.23. The van der Waals surface area contributed by atoms with Crippen LogP contribution >= 0.6 is 0 Å². The maximum absolute atomic E-state index is 12.5. The molecule has 2 heterocycles. The van der Waals surface area contributed by atoms with Gasteiger partial charge < -0.3 is 15.6 Å². The number of nitrogens with zero attached hydrogens (tertiary/aromatic N) is 3. The Balaban J connectivity index is 1.57. The van der Waals surface area contributed by atoms with Crippen molar-refractivity contribution >= 4 is 28.4 Å². The molecule has 4 rings (SSSR count). The largest absolute Gasteiger partial charge is 0.383 e. The van der Waals surface area contributed by atoms with Crippen molar-refractivity contribution in [1.29, 1.82) is 0 Å². The summed E-state index contributed by atoms with van der Waals surface area (Å²) in [6.07, 6.45) is 4.80. The lowest BCUT2D eigenvalue weighted by atomic mass is 10.00. The van der Waals surface area contributed by atoms with Gasteiger partial charge in [-0.1, -0.05) is 37.3 Å². The molecule has 0 aliphatic carbocycles. The molecule has 3 N–H and O–H groups in total. The number of amides is 1. The van der Waals surface area contributed by atoms with Crippen molar-refractivity contribution in [2.75, 3.05) is 11.1 Å². The van der Waals surface area contributed by atoms with Gasteiger partial charge in [0.1, 0.15) is 17.8 Å². The van der Waals surface area contributed by atoms with Crippen LogP contribution in [-0.4, -0.2) is 20.4 Å². The number of nitrogens with one attached hydrogen (secondary N) is 1. The third-order valence-corrected chi connectivity index (χ3v) is 5.35. The first-order valence-electron chi connectivity index (χ1n) is 10.0. The van der Waals surface area contributed by atoms with E-state index in [1.165, 1.54) is 11.9 Å². The summed E-state index contributed by atoms with van der Waals surface area (Å²) in [7, 11) is 1.94. The molecule has 4 aromatic rings. The first-order valence-corrected chi connectivity index (χ1v) is 10.0. The third kappa shape index (κ3) is 3.76. The summed E-state index contributed by atoms with van der Waals surface area (Å²) in [6.45, 7) is 4.13. The molecule has 6 nitrogen and oxygen atoms in total. The molecule has 0 fully saturated rings. The van der Waals surface area contributed by atoms with Crippen LogP contribution in [0.15, 0.2) is 55.0 Å². The highest BCUT2D eigenvalue weighted by molar-refractivity contribution is 6.01. The van der Waals surface area contributed by atoms with E-state index in [0.717, 1.165) is 45.4 Å². The fraction of sp³-hybridized carbons (Fsp3) is 0.208. The number of aromatic nitrogens is 3. The Morgan fingerprint density at radius 3 is 2.67 bits per heavy atom. The minimum atomic E-state index is -0.0294. The zero-order valence-electron chi connectivity index (χ0n) is 17.4. The van der Waals surface area contributed by atoms with Crippen LogP contribution in [0.3, 0.4) is 0 Å². The van der Waals surface area contributed by atoms with Gasteiger partial charge >= 0.3 is 0 Å². The van der Waals surface area contributed by atoms with Gasteiger partial charge in [0.15, 0.2) is 0 Å². The summed E-state index contributed by atoms with van der Waals surface area (Å²) in [5.41, 5.74) is 13.0. The van der Waals surface area contributed by atoms with Crippen LogP contribution < -0.4 is 11.1 Å². The van der Waals surface area contributed by atoms with Crippen LogP contribution in [0.4, 0.5) is 11.5 Å². The van der Waals surface area contributed by atoms with Crippen LogP contribution in [0.2, 0.25) is 0 Å². The molecule has 2 aromatic heterocycles. The number of rotatable bonds is 5. The lowest BCUT2D eigenvalue weighted by molar-refractivity contribution is -0.115. The molecule has 0 saturated heterocycles. The van der Waals surface area contributed by atoms with E-state index in [0.29, 0.717) is 12.2 Å². The highest BCUT2D eigenvalue weighted by Gasteiger charge is 2.15. The SMILES string of the molecule is CCc1cccc(CC(=O)Nc2ccc(-c3cn(C)c4ncnc(N)c34)c(C)c2)c1. The fourth-order valence-electron chi connectivity index (χ4n) is 3.83. The molecular formula is C24H25N5O. The number of carbonyl (C=O) groups is 1. The van der Waals surface area contributed by atoms with Gasteiger partial charge in [-0.05, 0) is 47.7 Å². The summed E-state index contributed by atoms with van der Waals surface area (Å²) in [5.74, 6) is 0.430. The van der Waals surface area contributed by atoms with Crippen molar-refractivity contribution in [1.82, 2.24) is 14.5 Å². The second-order valence-electron chi connectivity index (χ2n) is 7.54. The molecule has 6 heteroatoms. The van der Waals surface area contributed by atoms with Crippen LogP contribution in [0.1, 0.15) is 23.6 Å². The molecule has 1 amide bonds. The normalized spacial score (nSPS) is 11.0. The van der Waals surface area contributed by atoms with Crippen molar-refractivity contribution < 1.29 is 4.79 Å². The summed E-state index contributed by atoms with van der Waals surface area (Å²) in [4.78, 5) is 21.0. The summed E-state index contributed by atoms with van der Waals surface area (Å²) in [6, 6.07) is 14.1. The number of carbonyl (C=O) groups excluding carboxylic acids is 1. The van der Waals surface area contributed by atoms with Gasteiger partial charge in [0.05, 0.1) is 11.8 Å². The van der Waals surface area contributed by atoms with Crippen LogP contribution in [-0.2, 0) is 24.7 Å². The summed E-state index contributed by atoms with van der Waals surface area (Å²) < 4.78 is 1.95. The maximum atomic E-state index is 12.5. The van der Waals surface area contributed by atoms with Crippen LogP contribution in [0, 0.1) is 6.92 Å². The molecule has 152 valence electrons. The first-order chi connectivity index (χ1) is 14.5. The average Bonchev–Trinajstić information content (AvgIpc) is 3.06.